The monoisotopic (exact) mass is 568 g/mol. The van der Waals surface area contributed by atoms with E-state index in [1.807, 2.05) is 63.2 Å². The lowest BCUT2D eigenvalue weighted by molar-refractivity contribution is -0.445. The van der Waals surface area contributed by atoms with Gasteiger partial charge in [-0.3, -0.25) is 14.9 Å². The number of hydrogen-bond donors (Lipinski definition) is 0. The van der Waals surface area contributed by atoms with Crippen molar-refractivity contribution < 1.29 is 14.5 Å². The standard InChI is InChI=1S/C32H49N3O2.CH3NO2/c1-5-7-8-9-10-11-12-13-14-18-25-35(26-27-37-31(36)32(3,4)6-2)30-23-21-29(22-24-30)34-33-28-19-16-15-17-20-28;1-2(3)4/h15-17,19-24H,5-14,18,25-27H2,1-4H3;1H3. The molecule has 0 radical (unpaired) electrons. The molecule has 0 saturated heterocycles. The van der Waals surface area contributed by atoms with Gasteiger partial charge in [0.15, 0.2) is 7.05 Å². The topological polar surface area (TPSA) is 97.4 Å². The zero-order chi connectivity index (χ0) is 30.3. The third-order valence-corrected chi connectivity index (χ3v) is 7.06. The highest BCUT2D eigenvalue weighted by Gasteiger charge is 2.27. The Morgan fingerprint density at radius 1 is 0.805 bits per heavy atom. The summed E-state index contributed by atoms with van der Waals surface area (Å²) in [6.07, 6.45) is 14.0. The molecule has 0 saturated carbocycles. The van der Waals surface area contributed by atoms with Gasteiger partial charge in [-0.2, -0.15) is 10.2 Å². The molecule has 8 nitrogen and oxygen atoms in total. The second kappa shape index (κ2) is 21.5. The van der Waals surface area contributed by atoms with Crippen LogP contribution in [0.3, 0.4) is 0 Å². The van der Waals surface area contributed by atoms with Crippen molar-refractivity contribution in [3.63, 3.8) is 0 Å². The van der Waals surface area contributed by atoms with Crippen LogP contribution in [0.5, 0.6) is 0 Å². The highest BCUT2D eigenvalue weighted by Crippen LogP contribution is 2.24. The molecule has 0 fully saturated rings. The van der Waals surface area contributed by atoms with Crippen molar-refractivity contribution >= 4 is 23.0 Å². The van der Waals surface area contributed by atoms with Gasteiger partial charge in [-0.05, 0) is 63.1 Å². The number of benzene rings is 2. The molecule has 0 unspecified atom stereocenters. The Labute approximate surface area is 247 Å². The number of unbranched alkanes of at least 4 members (excludes halogenated alkanes) is 9. The van der Waals surface area contributed by atoms with Crippen molar-refractivity contribution in [3.05, 3.63) is 64.7 Å². The van der Waals surface area contributed by atoms with Crippen molar-refractivity contribution in [3.8, 4) is 0 Å². The quantitative estimate of drug-likeness (QED) is 0.0552. The molecule has 0 aromatic heterocycles. The van der Waals surface area contributed by atoms with Gasteiger partial charge in [0.2, 0.25) is 0 Å². The Bertz CT molecular complexity index is 990. The predicted molar refractivity (Wildman–Crippen MR) is 169 cm³/mol. The summed E-state index contributed by atoms with van der Waals surface area (Å²) in [4.78, 5) is 23.1. The molecule has 228 valence electrons. The number of rotatable bonds is 19. The van der Waals surface area contributed by atoms with Crippen molar-refractivity contribution in [2.45, 2.75) is 98.3 Å². The Morgan fingerprint density at radius 2 is 1.29 bits per heavy atom. The van der Waals surface area contributed by atoms with Gasteiger partial charge < -0.3 is 9.64 Å². The number of carbonyl (C=O) groups excluding carboxylic acids is 1. The number of azo groups is 1. The van der Waals surface area contributed by atoms with Crippen LogP contribution in [-0.4, -0.2) is 37.6 Å². The van der Waals surface area contributed by atoms with Crippen LogP contribution < -0.4 is 4.90 Å². The van der Waals surface area contributed by atoms with E-state index in [-0.39, 0.29) is 5.97 Å². The van der Waals surface area contributed by atoms with Crippen molar-refractivity contribution in [1.29, 1.82) is 0 Å². The van der Waals surface area contributed by atoms with Crippen LogP contribution in [0.4, 0.5) is 17.1 Å². The van der Waals surface area contributed by atoms with Crippen LogP contribution >= 0.6 is 0 Å². The van der Waals surface area contributed by atoms with E-state index < -0.39 is 10.3 Å². The minimum Gasteiger partial charge on any atom is -0.463 e. The van der Waals surface area contributed by atoms with Crippen LogP contribution in [0.25, 0.3) is 0 Å². The van der Waals surface area contributed by atoms with E-state index in [1.54, 1.807) is 0 Å². The van der Waals surface area contributed by atoms with Gasteiger partial charge in [-0.15, -0.1) is 0 Å². The smallest absolute Gasteiger partial charge is 0.311 e. The van der Waals surface area contributed by atoms with E-state index in [4.69, 9.17) is 14.9 Å². The average Bonchev–Trinajstić information content (AvgIpc) is 2.96. The molecule has 0 heterocycles. The van der Waals surface area contributed by atoms with E-state index in [0.717, 1.165) is 43.5 Å². The Hall–Kier alpha value is -3.29. The fourth-order valence-electron chi connectivity index (χ4n) is 4.09. The van der Waals surface area contributed by atoms with Crippen molar-refractivity contribution in [1.82, 2.24) is 0 Å². The fourth-order valence-corrected chi connectivity index (χ4v) is 4.09. The third-order valence-electron chi connectivity index (χ3n) is 7.06. The fraction of sp³-hybridized carbons (Fsp3) is 0.606. The molecular weight excluding hydrogens is 516 g/mol. The number of hydrogen-bond acceptors (Lipinski definition) is 7. The summed E-state index contributed by atoms with van der Waals surface area (Å²) in [5.74, 6) is -0.120. The van der Waals surface area contributed by atoms with Gasteiger partial charge in [0.05, 0.1) is 23.3 Å². The summed E-state index contributed by atoms with van der Waals surface area (Å²) < 4.78 is 5.65. The number of carbonyl (C=O) groups is 1. The highest BCUT2D eigenvalue weighted by molar-refractivity contribution is 5.75. The summed E-state index contributed by atoms with van der Waals surface area (Å²) in [6.45, 7) is 10.2. The first kappa shape index (κ1) is 35.7. The Kier molecular flexibility index (Phi) is 18.7. The first-order chi connectivity index (χ1) is 19.7. The van der Waals surface area contributed by atoms with Gasteiger partial charge in [-0.25, -0.2) is 0 Å². The SMILES string of the molecule is CCCCCCCCCCCCN(CCOC(=O)C(C)(C)CC)c1ccc(N=Nc2ccccc2)cc1.C[N+](=O)[O-]. The Morgan fingerprint density at radius 3 is 1.80 bits per heavy atom. The van der Waals surface area contributed by atoms with Crippen LogP contribution in [0.1, 0.15) is 98.3 Å². The van der Waals surface area contributed by atoms with E-state index in [0.29, 0.717) is 13.2 Å². The summed E-state index contributed by atoms with van der Waals surface area (Å²) in [7, 11) is 0.889. The highest BCUT2D eigenvalue weighted by atomic mass is 16.6. The molecule has 0 atom stereocenters. The summed E-state index contributed by atoms with van der Waals surface area (Å²) in [5, 5.41) is 17.5. The van der Waals surface area contributed by atoms with E-state index in [1.165, 1.54) is 57.8 Å². The maximum Gasteiger partial charge on any atom is 0.311 e. The lowest BCUT2D eigenvalue weighted by atomic mass is 9.91. The van der Waals surface area contributed by atoms with Crippen LogP contribution in [-0.2, 0) is 9.53 Å². The van der Waals surface area contributed by atoms with E-state index >= 15 is 0 Å². The predicted octanol–water partition coefficient (Wildman–Crippen LogP) is 9.70. The number of nitro groups is 1. The largest absolute Gasteiger partial charge is 0.463 e. The zero-order valence-electron chi connectivity index (χ0n) is 26.0. The first-order valence-corrected chi connectivity index (χ1v) is 15.3. The minimum atomic E-state index is -0.500. The summed E-state index contributed by atoms with van der Waals surface area (Å²) >= 11 is 0. The maximum absolute atomic E-state index is 12.4. The normalized spacial score (nSPS) is 11.1. The first-order valence-electron chi connectivity index (χ1n) is 15.3. The molecular formula is C33H52N4O4. The molecule has 0 spiro atoms. The number of ether oxygens (including phenoxy) is 1. The van der Waals surface area contributed by atoms with Crippen molar-refractivity contribution in [2.24, 2.45) is 15.6 Å². The van der Waals surface area contributed by atoms with Crippen molar-refractivity contribution in [2.75, 3.05) is 31.6 Å². The molecule has 41 heavy (non-hydrogen) atoms. The van der Waals surface area contributed by atoms with E-state index in [9.17, 15) is 4.79 Å². The van der Waals surface area contributed by atoms with Gasteiger partial charge >= 0.3 is 5.97 Å². The molecule has 8 heteroatoms. The molecule has 0 N–H and O–H groups in total. The van der Waals surface area contributed by atoms with Crippen LogP contribution in [0, 0.1) is 15.5 Å². The lowest BCUT2D eigenvalue weighted by Gasteiger charge is -2.26. The molecule has 2 rings (SSSR count). The molecule has 0 bridgehead atoms. The molecule has 0 aliphatic rings. The van der Waals surface area contributed by atoms with Gasteiger partial charge in [0, 0.05) is 17.2 Å². The molecule has 0 aliphatic carbocycles. The summed E-state index contributed by atoms with van der Waals surface area (Å²) in [5.41, 5.74) is 2.35. The molecule has 2 aromatic carbocycles. The Balaban J connectivity index is 0.00000196. The second-order valence-corrected chi connectivity index (χ2v) is 11.0. The molecule has 0 amide bonds. The molecule has 0 aliphatic heterocycles. The van der Waals surface area contributed by atoms with Gasteiger partial charge in [0.1, 0.15) is 6.61 Å². The number of esters is 1. The van der Waals surface area contributed by atoms with Gasteiger partial charge in [-0.1, -0.05) is 89.8 Å². The average molecular weight is 569 g/mol. The molecule has 2 aromatic rings. The minimum absolute atomic E-state index is 0.120. The van der Waals surface area contributed by atoms with Crippen LogP contribution in [0.2, 0.25) is 0 Å². The second-order valence-electron chi connectivity index (χ2n) is 11.0. The maximum atomic E-state index is 12.4. The van der Waals surface area contributed by atoms with Crippen LogP contribution in [0.15, 0.2) is 64.8 Å². The number of anilines is 1. The van der Waals surface area contributed by atoms with Gasteiger partial charge in [0.25, 0.3) is 0 Å². The van der Waals surface area contributed by atoms with E-state index in [2.05, 4.69) is 34.2 Å². The third kappa shape index (κ3) is 17.2. The number of nitrogens with zero attached hydrogens (tertiary/aromatic N) is 4. The lowest BCUT2D eigenvalue weighted by Crippen LogP contribution is -2.32. The zero-order valence-corrected chi connectivity index (χ0v) is 26.0. The summed E-state index contributed by atoms with van der Waals surface area (Å²) in [6, 6.07) is 17.9.